The van der Waals surface area contributed by atoms with E-state index in [2.05, 4.69) is 35.5 Å². The highest BCUT2D eigenvalue weighted by Gasteiger charge is 1.91. The highest BCUT2D eigenvalue weighted by molar-refractivity contribution is 5.22. The molecule has 0 radical (unpaired) electrons. The summed E-state index contributed by atoms with van der Waals surface area (Å²) in [7, 11) is 0. The maximum absolute atomic E-state index is 9.70. The van der Waals surface area contributed by atoms with E-state index in [0.29, 0.717) is 25.7 Å². The molecular weight excluding hydrogens is 396 g/mol. The summed E-state index contributed by atoms with van der Waals surface area (Å²) in [5.41, 5.74) is 0. The minimum Gasteiger partial charge on any atom is -0.380 e. The molecule has 3 nitrogen and oxygen atoms in total. The molecule has 0 bridgehead atoms. The van der Waals surface area contributed by atoms with Crippen LogP contribution in [-0.4, -0.2) is 33.6 Å². The molecule has 0 aromatic rings. The van der Waals surface area contributed by atoms with Gasteiger partial charge in [0.05, 0.1) is 0 Å². The van der Waals surface area contributed by atoms with Crippen molar-refractivity contribution in [3.63, 3.8) is 0 Å². The van der Waals surface area contributed by atoms with Crippen molar-refractivity contribution in [2.45, 2.75) is 44.0 Å². The number of hydrogen-bond acceptors (Lipinski definition) is 3. The van der Waals surface area contributed by atoms with Crippen molar-refractivity contribution in [2.24, 2.45) is 0 Å². The highest BCUT2D eigenvalue weighted by Crippen LogP contribution is 1.93. The Hall–Kier alpha value is -3.70. The molecule has 0 fully saturated rings. The summed E-state index contributed by atoms with van der Waals surface area (Å²) in [5, 5.41) is 28.0. The molecule has 0 aromatic carbocycles. The third kappa shape index (κ3) is 21.0. The maximum Gasteiger partial charge on any atom is 0.176 e. The summed E-state index contributed by atoms with van der Waals surface area (Å²) in [6, 6.07) is 0. The molecule has 0 heterocycles. The van der Waals surface area contributed by atoms with Gasteiger partial charge in [-0.2, -0.15) is 0 Å². The number of hydrogen-bond donors (Lipinski definition) is 3. The van der Waals surface area contributed by atoms with Gasteiger partial charge in [0.25, 0.3) is 0 Å². The van der Waals surface area contributed by atoms with Gasteiger partial charge < -0.3 is 15.3 Å². The van der Waals surface area contributed by atoms with Crippen molar-refractivity contribution in [1.82, 2.24) is 0 Å². The summed E-state index contributed by atoms with van der Waals surface area (Å²) in [4.78, 5) is 0. The predicted molar refractivity (Wildman–Crippen MR) is 134 cm³/mol. The minimum atomic E-state index is -0.961. The molecule has 3 atom stereocenters. The third-order valence-electron chi connectivity index (χ3n) is 3.44. The Kier molecular flexibility index (Phi) is 19.5. The zero-order valence-corrected chi connectivity index (χ0v) is 18.1. The van der Waals surface area contributed by atoms with Crippen molar-refractivity contribution in [1.29, 1.82) is 0 Å². The average Bonchev–Trinajstić information content (AvgIpc) is 2.80. The Morgan fingerprint density at radius 2 is 1.16 bits per heavy atom. The molecule has 3 heteroatoms. The molecular formula is C29H30O3. The monoisotopic (exact) mass is 426 g/mol. The smallest absolute Gasteiger partial charge is 0.176 e. The first-order valence-corrected chi connectivity index (χ1v) is 10.2. The van der Waals surface area contributed by atoms with Crippen LogP contribution in [0.25, 0.3) is 0 Å². The minimum absolute atomic E-state index is 0.429. The molecule has 164 valence electrons. The molecule has 3 unspecified atom stereocenters. The van der Waals surface area contributed by atoms with Gasteiger partial charge in [-0.05, 0) is 12.5 Å². The van der Waals surface area contributed by atoms with Crippen LogP contribution in [0.2, 0.25) is 0 Å². The van der Waals surface area contributed by atoms with Crippen molar-refractivity contribution in [2.75, 3.05) is 0 Å². The summed E-state index contributed by atoms with van der Waals surface area (Å²) in [5.74, 6) is 15.5. The molecule has 0 aliphatic heterocycles. The van der Waals surface area contributed by atoms with Crippen LogP contribution in [0.5, 0.6) is 0 Å². The summed E-state index contributed by atoms with van der Waals surface area (Å²) in [6.45, 7) is 0. The lowest BCUT2D eigenvalue weighted by molar-refractivity contribution is 0.236. The Bertz CT molecular complexity index is 919. The van der Waals surface area contributed by atoms with Gasteiger partial charge in [-0.1, -0.05) is 115 Å². The van der Waals surface area contributed by atoms with Gasteiger partial charge in [0.2, 0.25) is 0 Å². The van der Waals surface area contributed by atoms with Gasteiger partial charge in [-0.3, -0.25) is 0 Å². The SMILES string of the molecule is C#CC(O)/C=C/C/C=C/C=C/C=C/CC#CC(O)C#CC/C=C/C=C/C=C/CC(O)C#C. The average molecular weight is 427 g/mol. The van der Waals surface area contributed by atoms with E-state index in [1.807, 2.05) is 66.8 Å². The second kappa shape index (κ2) is 22.0. The Morgan fingerprint density at radius 1 is 0.625 bits per heavy atom. The van der Waals surface area contributed by atoms with Crippen LogP contribution in [0.4, 0.5) is 0 Å². The van der Waals surface area contributed by atoms with Gasteiger partial charge in [-0.15, -0.1) is 12.8 Å². The van der Waals surface area contributed by atoms with Crippen LogP contribution >= 0.6 is 0 Å². The lowest BCUT2D eigenvalue weighted by Crippen LogP contribution is -1.98. The fraction of sp³-hybridized carbons (Fsp3) is 0.241. The van der Waals surface area contributed by atoms with E-state index >= 15 is 0 Å². The number of aliphatic hydroxyl groups excluding tert-OH is 3. The van der Waals surface area contributed by atoms with Crippen LogP contribution in [0.3, 0.4) is 0 Å². The topological polar surface area (TPSA) is 60.7 Å². The first-order chi connectivity index (χ1) is 15.6. The van der Waals surface area contributed by atoms with Crippen LogP contribution in [-0.2, 0) is 0 Å². The third-order valence-corrected chi connectivity index (χ3v) is 3.44. The lowest BCUT2D eigenvalue weighted by atomic mass is 10.2. The van der Waals surface area contributed by atoms with Gasteiger partial charge in [0.15, 0.2) is 6.10 Å². The molecule has 0 rings (SSSR count). The standard InChI is InChI=1S/C29H30O3/c1-3-27(30)23-19-15-11-7-5-6-8-13-17-21-25-29(32)26-22-18-14-10-9-12-16-20-24-28(31)4-2/h1-2,5-14,16,19-20,23,27-32H,15,17-18,24H2/b6-5+,11-7+,12-9+,13-8+,14-10+,20-16+,23-19+. The molecule has 0 aliphatic carbocycles. The first-order valence-electron chi connectivity index (χ1n) is 10.2. The summed E-state index contributed by atoms with van der Waals surface area (Å²) < 4.78 is 0. The fourth-order valence-corrected chi connectivity index (χ4v) is 1.87. The molecule has 3 N–H and O–H groups in total. The van der Waals surface area contributed by atoms with E-state index in [4.69, 9.17) is 18.0 Å². The molecule has 0 aromatic heterocycles. The van der Waals surface area contributed by atoms with Gasteiger partial charge >= 0.3 is 0 Å². The predicted octanol–water partition coefficient (Wildman–Crippen LogP) is 3.80. The van der Waals surface area contributed by atoms with E-state index < -0.39 is 18.3 Å². The van der Waals surface area contributed by atoms with Crippen LogP contribution in [0, 0.1) is 48.4 Å². The van der Waals surface area contributed by atoms with Crippen LogP contribution in [0.15, 0.2) is 85.1 Å². The fourth-order valence-electron chi connectivity index (χ4n) is 1.87. The number of allylic oxidation sites excluding steroid dienone is 12. The zero-order chi connectivity index (χ0) is 23.7. The summed E-state index contributed by atoms with van der Waals surface area (Å²) in [6.07, 6.45) is 35.5. The Balaban J connectivity index is 4.02. The van der Waals surface area contributed by atoms with E-state index in [9.17, 15) is 10.2 Å². The lowest BCUT2D eigenvalue weighted by Gasteiger charge is -1.93. The van der Waals surface area contributed by atoms with Gasteiger partial charge in [-0.25, -0.2) is 0 Å². The van der Waals surface area contributed by atoms with Crippen molar-refractivity contribution in [3.05, 3.63) is 85.1 Å². The number of rotatable bonds is 11. The van der Waals surface area contributed by atoms with Gasteiger partial charge in [0.1, 0.15) is 12.2 Å². The highest BCUT2D eigenvalue weighted by atomic mass is 16.3. The zero-order valence-electron chi connectivity index (χ0n) is 18.1. The molecule has 0 spiro atoms. The normalized spacial score (nSPS) is 14.7. The maximum atomic E-state index is 9.70. The Labute approximate surface area is 193 Å². The molecule has 0 amide bonds. The number of terminal acetylenes is 2. The second-order valence-corrected chi connectivity index (χ2v) is 6.13. The largest absolute Gasteiger partial charge is 0.380 e. The summed E-state index contributed by atoms with van der Waals surface area (Å²) >= 11 is 0. The molecule has 32 heavy (non-hydrogen) atoms. The second-order valence-electron chi connectivity index (χ2n) is 6.13. The van der Waals surface area contributed by atoms with Crippen molar-refractivity contribution >= 4 is 0 Å². The number of aliphatic hydroxyl groups is 3. The van der Waals surface area contributed by atoms with Crippen molar-refractivity contribution < 1.29 is 15.3 Å². The Morgan fingerprint density at radius 3 is 1.69 bits per heavy atom. The van der Waals surface area contributed by atoms with Gasteiger partial charge in [0, 0.05) is 19.3 Å². The van der Waals surface area contributed by atoms with Crippen LogP contribution in [0.1, 0.15) is 25.7 Å². The van der Waals surface area contributed by atoms with E-state index in [0.717, 1.165) is 0 Å². The molecule has 0 aliphatic rings. The van der Waals surface area contributed by atoms with E-state index in [1.54, 1.807) is 18.2 Å². The van der Waals surface area contributed by atoms with E-state index in [1.165, 1.54) is 0 Å². The molecule has 0 saturated heterocycles. The van der Waals surface area contributed by atoms with E-state index in [-0.39, 0.29) is 0 Å². The quantitative estimate of drug-likeness (QED) is 0.268. The van der Waals surface area contributed by atoms with Crippen LogP contribution < -0.4 is 0 Å². The molecule has 0 saturated carbocycles. The van der Waals surface area contributed by atoms with Crippen molar-refractivity contribution in [3.8, 4) is 48.4 Å². The first kappa shape index (κ1) is 28.3.